The molecule has 2 aromatic carbocycles. The van der Waals surface area contributed by atoms with Crippen molar-refractivity contribution < 1.29 is 0 Å². The van der Waals surface area contributed by atoms with Crippen LogP contribution in [0.1, 0.15) is 12.6 Å². The third-order valence-electron chi connectivity index (χ3n) is 3.56. The number of benzene rings is 2. The molecule has 0 aliphatic heterocycles. The fourth-order valence-electron chi connectivity index (χ4n) is 2.50. The maximum absolute atomic E-state index is 6.05. The molecule has 24 heavy (non-hydrogen) atoms. The van der Waals surface area contributed by atoms with Gasteiger partial charge in [-0.25, -0.2) is 4.98 Å². The van der Waals surface area contributed by atoms with Crippen LogP contribution >= 0.6 is 11.6 Å². The highest BCUT2D eigenvalue weighted by molar-refractivity contribution is 6.30. The Hall–Kier alpha value is -2.59. The summed E-state index contributed by atoms with van der Waals surface area (Å²) in [5.41, 5.74) is 2.87. The first-order chi connectivity index (χ1) is 11.7. The van der Waals surface area contributed by atoms with Gasteiger partial charge in [0.05, 0.1) is 0 Å². The molecular weight excluding hydrogens is 320 g/mol. The van der Waals surface area contributed by atoms with Gasteiger partial charge in [0.15, 0.2) is 0 Å². The highest BCUT2D eigenvalue weighted by Gasteiger charge is 2.12. The fourth-order valence-corrected chi connectivity index (χ4v) is 2.69. The summed E-state index contributed by atoms with van der Waals surface area (Å²) in [6.45, 7) is 4.83. The molecule has 0 unspecified atom stereocenters. The van der Waals surface area contributed by atoms with E-state index in [4.69, 9.17) is 11.6 Å². The summed E-state index contributed by atoms with van der Waals surface area (Å²) in [7, 11) is 0. The highest BCUT2D eigenvalue weighted by atomic mass is 35.5. The Morgan fingerprint density at radius 1 is 1.00 bits per heavy atom. The van der Waals surface area contributed by atoms with Crippen molar-refractivity contribution in [3.63, 3.8) is 0 Å². The number of nitrogens with one attached hydrogen (secondary N) is 1. The van der Waals surface area contributed by atoms with Gasteiger partial charge in [-0.1, -0.05) is 35.9 Å². The molecule has 0 amide bonds. The number of hydrogen-bond acceptors (Lipinski definition) is 4. The zero-order valence-corrected chi connectivity index (χ0v) is 14.5. The van der Waals surface area contributed by atoms with Gasteiger partial charge in [-0.2, -0.15) is 4.98 Å². The van der Waals surface area contributed by atoms with Crippen LogP contribution in [0.5, 0.6) is 0 Å². The summed E-state index contributed by atoms with van der Waals surface area (Å²) in [5.74, 6) is 1.42. The van der Waals surface area contributed by atoms with Crippen LogP contribution in [-0.4, -0.2) is 16.5 Å². The van der Waals surface area contributed by atoms with Crippen molar-refractivity contribution >= 4 is 34.7 Å². The number of aromatic nitrogens is 2. The minimum atomic E-state index is 0.674. The molecule has 0 aliphatic rings. The average Bonchev–Trinajstić information content (AvgIpc) is 2.56. The first kappa shape index (κ1) is 16.3. The van der Waals surface area contributed by atoms with E-state index in [-0.39, 0.29) is 0 Å². The number of aryl methyl sites for hydroxylation is 1. The van der Waals surface area contributed by atoms with Crippen LogP contribution in [0.15, 0.2) is 60.7 Å². The second-order valence-electron chi connectivity index (χ2n) is 5.41. The minimum absolute atomic E-state index is 0.674. The summed E-state index contributed by atoms with van der Waals surface area (Å²) >= 11 is 6.05. The molecule has 0 bridgehead atoms. The smallest absolute Gasteiger partial charge is 0.232 e. The Labute approximate surface area is 147 Å². The Kier molecular flexibility index (Phi) is 4.96. The lowest BCUT2D eigenvalue weighted by molar-refractivity contribution is 0.936. The molecule has 0 saturated carbocycles. The van der Waals surface area contributed by atoms with Gasteiger partial charge >= 0.3 is 0 Å². The predicted octanol–water partition coefficient (Wildman–Crippen LogP) is 5.34. The quantitative estimate of drug-likeness (QED) is 0.681. The second kappa shape index (κ2) is 7.32. The van der Waals surface area contributed by atoms with Gasteiger partial charge in [0.1, 0.15) is 5.82 Å². The van der Waals surface area contributed by atoms with Crippen molar-refractivity contribution in [3.8, 4) is 0 Å². The van der Waals surface area contributed by atoms with Crippen LogP contribution in [0.3, 0.4) is 0 Å². The standard InChI is InChI=1S/C19H19ClN4/c1-3-24(17-10-5-4-6-11-17)19-21-14(2)12-18(23-19)22-16-9-7-8-15(20)13-16/h4-13H,3H2,1-2H3,(H,21,22,23). The fraction of sp³-hybridized carbons (Fsp3) is 0.158. The third kappa shape index (κ3) is 3.84. The zero-order chi connectivity index (χ0) is 16.9. The number of para-hydroxylation sites is 1. The van der Waals surface area contributed by atoms with Gasteiger partial charge in [-0.05, 0) is 44.2 Å². The number of nitrogens with zero attached hydrogens (tertiary/aromatic N) is 3. The van der Waals surface area contributed by atoms with Crippen molar-refractivity contribution in [2.45, 2.75) is 13.8 Å². The van der Waals surface area contributed by atoms with Crippen LogP contribution in [0.4, 0.5) is 23.1 Å². The van der Waals surface area contributed by atoms with Crippen molar-refractivity contribution in [2.24, 2.45) is 0 Å². The number of hydrogen-bond donors (Lipinski definition) is 1. The molecule has 0 radical (unpaired) electrons. The molecule has 4 nitrogen and oxygen atoms in total. The van der Waals surface area contributed by atoms with Gasteiger partial charge in [-0.3, -0.25) is 0 Å². The molecule has 0 fully saturated rings. The van der Waals surface area contributed by atoms with Crippen molar-refractivity contribution in [2.75, 3.05) is 16.8 Å². The molecule has 122 valence electrons. The molecule has 0 saturated heterocycles. The number of anilines is 4. The summed E-state index contributed by atoms with van der Waals surface area (Å²) in [5, 5.41) is 3.98. The summed E-state index contributed by atoms with van der Waals surface area (Å²) in [6, 6.07) is 19.6. The van der Waals surface area contributed by atoms with Gasteiger partial charge in [0, 0.05) is 34.7 Å². The monoisotopic (exact) mass is 338 g/mol. The van der Waals surface area contributed by atoms with Crippen LogP contribution in [0, 0.1) is 6.92 Å². The zero-order valence-electron chi connectivity index (χ0n) is 13.7. The Balaban J connectivity index is 1.93. The van der Waals surface area contributed by atoms with E-state index in [1.54, 1.807) is 0 Å². The molecule has 5 heteroatoms. The number of rotatable bonds is 5. The third-order valence-corrected chi connectivity index (χ3v) is 3.80. The summed E-state index contributed by atoms with van der Waals surface area (Å²) < 4.78 is 0. The van der Waals surface area contributed by atoms with Gasteiger partial charge in [0.25, 0.3) is 0 Å². The van der Waals surface area contributed by atoms with E-state index in [9.17, 15) is 0 Å². The summed E-state index contributed by atoms with van der Waals surface area (Å²) in [4.78, 5) is 11.3. The van der Waals surface area contributed by atoms with E-state index in [0.717, 1.165) is 29.4 Å². The van der Waals surface area contributed by atoms with Crippen molar-refractivity contribution in [3.05, 3.63) is 71.4 Å². The Morgan fingerprint density at radius 3 is 2.50 bits per heavy atom. The highest BCUT2D eigenvalue weighted by Crippen LogP contribution is 2.25. The van der Waals surface area contributed by atoms with E-state index < -0.39 is 0 Å². The van der Waals surface area contributed by atoms with E-state index in [0.29, 0.717) is 11.0 Å². The van der Waals surface area contributed by atoms with E-state index >= 15 is 0 Å². The van der Waals surface area contributed by atoms with E-state index in [1.807, 2.05) is 55.5 Å². The van der Waals surface area contributed by atoms with Crippen LogP contribution < -0.4 is 10.2 Å². The van der Waals surface area contributed by atoms with Crippen molar-refractivity contribution in [1.29, 1.82) is 0 Å². The lowest BCUT2D eigenvalue weighted by Gasteiger charge is -2.22. The Bertz CT molecular complexity index is 821. The van der Waals surface area contributed by atoms with E-state index in [2.05, 4.69) is 39.2 Å². The molecule has 0 atom stereocenters. The summed E-state index contributed by atoms with van der Waals surface area (Å²) in [6.07, 6.45) is 0. The first-order valence-corrected chi connectivity index (χ1v) is 8.24. The van der Waals surface area contributed by atoms with Gasteiger partial charge in [-0.15, -0.1) is 0 Å². The van der Waals surface area contributed by atoms with E-state index in [1.165, 1.54) is 0 Å². The SMILES string of the molecule is CCN(c1ccccc1)c1nc(C)cc(Nc2cccc(Cl)c2)n1. The molecule has 0 spiro atoms. The molecule has 1 aromatic heterocycles. The molecule has 1 N–H and O–H groups in total. The van der Waals surface area contributed by atoms with Crippen LogP contribution in [0.25, 0.3) is 0 Å². The molecule has 0 aliphatic carbocycles. The van der Waals surface area contributed by atoms with Gasteiger partial charge in [0.2, 0.25) is 5.95 Å². The Morgan fingerprint density at radius 2 is 1.79 bits per heavy atom. The van der Waals surface area contributed by atoms with Crippen molar-refractivity contribution in [1.82, 2.24) is 9.97 Å². The van der Waals surface area contributed by atoms with Crippen LogP contribution in [-0.2, 0) is 0 Å². The largest absolute Gasteiger partial charge is 0.340 e. The molecular formula is C19H19ClN4. The molecule has 3 aromatic rings. The minimum Gasteiger partial charge on any atom is -0.340 e. The maximum Gasteiger partial charge on any atom is 0.232 e. The maximum atomic E-state index is 6.05. The topological polar surface area (TPSA) is 41.1 Å². The second-order valence-corrected chi connectivity index (χ2v) is 5.85. The average molecular weight is 339 g/mol. The molecule has 3 rings (SSSR count). The molecule has 1 heterocycles. The predicted molar refractivity (Wildman–Crippen MR) is 101 cm³/mol. The van der Waals surface area contributed by atoms with Gasteiger partial charge < -0.3 is 10.2 Å². The first-order valence-electron chi connectivity index (χ1n) is 7.86. The number of halogens is 1. The lowest BCUT2D eigenvalue weighted by atomic mass is 10.3. The normalized spacial score (nSPS) is 10.5. The lowest BCUT2D eigenvalue weighted by Crippen LogP contribution is -2.19. The van der Waals surface area contributed by atoms with Crippen LogP contribution in [0.2, 0.25) is 5.02 Å².